The van der Waals surface area contributed by atoms with Crippen molar-refractivity contribution in [2.75, 3.05) is 0 Å². The first-order valence-corrected chi connectivity index (χ1v) is 11.4. The maximum absolute atomic E-state index is 14.3. The molecule has 140 valence electrons. The van der Waals surface area contributed by atoms with E-state index in [-0.39, 0.29) is 0 Å². The number of fused-ring (bicyclic) bond motifs is 6. The van der Waals surface area contributed by atoms with Crippen LogP contribution in [0.3, 0.4) is 0 Å². The molecule has 2 aliphatic rings. The van der Waals surface area contributed by atoms with Crippen LogP contribution >= 0.6 is 0 Å². The van der Waals surface area contributed by atoms with Gasteiger partial charge in [-0.15, -0.1) is 0 Å². The zero-order chi connectivity index (χ0) is 19.6. The van der Waals surface area contributed by atoms with Crippen molar-refractivity contribution in [2.24, 2.45) is 0 Å². The number of benzene rings is 4. The molecule has 0 unspecified atom stereocenters. The molecule has 0 fully saturated rings. The Bertz CT molecular complexity index is 1190. The Morgan fingerprint density at radius 2 is 0.655 bits per heavy atom. The highest BCUT2D eigenvalue weighted by Gasteiger charge is 2.46. The van der Waals surface area contributed by atoms with E-state index in [9.17, 15) is 8.42 Å². The molecule has 0 N–H and O–H groups in total. The average molecular weight is 394 g/mol. The first-order valence-electron chi connectivity index (χ1n) is 9.77. The Morgan fingerprint density at radius 3 is 0.931 bits per heavy atom. The Morgan fingerprint density at radius 1 is 0.414 bits per heavy atom. The molecule has 0 amide bonds. The lowest BCUT2D eigenvalue weighted by molar-refractivity contribution is 0.583. The van der Waals surface area contributed by atoms with Crippen LogP contribution in [-0.2, 0) is 9.84 Å². The maximum Gasteiger partial charge on any atom is 0.172 e. The molecule has 2 nitrogen and oxygen atoms in total. The van der Waals surface area contributed by atoms with Crippen LogP contribution in [-0.4, -0.2) is 8.42 Å². The molecule has 0 saturated heterocycles. The average Bonchev–Trinajstić information content (AvgIpc) is 3.28. The minimum absolute atomic E-state index is 0.654. The topological polar surface area (TPSA) is 34.1 Å². The third kappa shape index (κ3) is 2.19. The number of sulfone groups is 1. The second-order valence-corrected chi connectivity index (χ2v) is 9.82. The molecule has 0 bridgehead atoms. The summed E-state index contributed by atoms with van der Waals surface area (Å²) in [6, 6.07) is 31.6. The van der Waals surface area contributed by atoms with Crippen LogP contribution in [0.15, 0.2) is 97.1 Å². The molecular weight excluding hydrogens is 376 g/mol. The molecular formula is C26H18O2S. The van der Waals surface area contributed by atoms with E-state index in [4.69, 9.17) is 0 Å². The van der Waals surface area contributed by atoms with Crippen molar-refractivity contribution in [1.82, 2.24) is 0 Å². The quantitative estimate of drug-likeness (QED) is 0.421. The van der Waals surface area contributed by atoms with Crippen molar-refractivity contribution in [2.45, 2.75) is 10.5 Å². The summed E-state index contributed by atoms with van der Waals surface area (Å²) >= 11 is 0. The van der Waals surface area contributed by atoms with Gasteiger partial charge in [0.15, 0.2) is 9.84 Å². The first-order chi connectivity index (χ1) is 14.2. The van der Waals surface area contributed by atoms with Crippen LogP contribution in [0, 0.1) is 0 Å². The van der Waals surface area contributed by atoms with Crippen LogP contribution in [0.2, 0.25) is 0 Å². The summed E-state index contributed by atoms with van der Waals surface area (Å²) in [5.41, 5.74) is 7.64. The molecule has 4 aromatic carbocycles. The highest BCUT2D eigenvalue weighted by Crippen LogP contribution is 2.55. The zero-order valence-corrected chi connectivity index (χ0v) is 16.4. The fourth-order valence-corrected chi connectivity index (χ4v) is 7.57. The third-order valence-corrected chi connectivity index (χ3v) is 8.54. The smallest absolute Gasteiger partial charge is 0.172 e. The fourth-order valence-electron chi connectivity index (χ4n) is 5.06. The van der Waals surface area contributed by atoms with Gasteiger partial charge in [0.2, 0.25) is 0 Å². The molecule has 0 radical (unpaired) electrons. The summed E-state index contributed by atoms with van der Waals surface area (Å²) in [5.74, 6) is 0. The maximum atomic E-state index is 14.3. The molecule has 0 spiro atoms. The van der Waals surface area contributed by atoms with Crippen molar-refractivity contribution in [1.29, 1.82) is 0 Å². The first kappa shape index (κ1) is 16.8. The molecule has 2 aliphatic carbocycles. The molecule has 0 saturated carbocycles. The number of hydrogen-bond donors (Lipinski definition) is 0. The van der Waals surface area contributed by atoms with Crippen molar-refractivity contribution in [3.8, 4) is 22.3 Å². The standard InChI is InChI=1S/C26H18O2S/c27-29(28,25-21-13-5-1-9-17(21)18-10-2-6-14-22(18)25)26-23-15-7-3-11-19(23)20-12-4-8-16-24(20)26/h1-16,25-26H. The molecule has 6 rings (SSSR count). The Hall–Kier alpha value is -3.17. The van der Waals surface area contributed by atoms with E-state index in [1.807, 2.05) is 97.1 Å². The van der Waals surface area contributed by atoms with Crippen molar-refractivity contribution >= 4 is 9.84 Å². The highest BCUT2D eigenvalue weighted by molar-refractivity contribution is 7.92. The van der Waals surface area contributed by atoms with Crippen LogP contribution in [0.5, 0.6) is 0 Å². The number of rotatable bonds is 2. The van der Waals surface area contributed by atoms with Gasteiger partial charge in [-0.25, -0.2) is 8.42 Å². The van der Waals surface area contributed by atoms with Gasteiger partial charge in [0.1, 0.15) is 10.5 Å². The molecule has 29 heavy (non-hydrogen) atoms. The van der Waals surface area contributed by atoms with Gasteiger partial charge in [-0.3, -0.25) is 0 Å². The molecule has 0 aliphatic heterocycles. The fraction of sp³-hybridized carbons (Fsp3) is 0.0769. The third-order valence-electron chi connectivity index (χ3n) is 6.21. The minimum atomic E-state index is -3.59. The molecule has 0 heterocycles. The molecule has 0 aromatic heterocycles. The summed E-state index contributed by atoms with van der Waals surface area (Å²) < 4.78 is 28.6. The molecule has 0 atom stereocenters. The van der Waals surface area contributed by atoms with Crippen molar-refractivity contribution in [3.63, 3.8) is 0 Å². The van der Waals surface area contributed by atoms with Crippen LogP contribution in [0.1, 0.15) is 32.8 Å². The van der Waals surface area contributed by atoms with E-state index < -0.39 is 20.3 Å². The van der Waals surface area contributed by atoms with E-state index >= 15 is 0 Å². The summed E-state index contributed by atoms with van der Waals surface area (Å²) in [6.45, 7) is 0. The Balaban J connectivity index is 1.63. The van der Waals surface area contributed by atoms with Gasteiger partial charge in [0.25, 0.3) is 0 Å². The number of hydrogen-bond acceptors (Lipinski definition) is 2. The van der Waals surface area contributed by atoms with E-state index in [1.54, 1.807) is 0 Å². The second-order valence-electron chi connectivity index (χ2n) is 7.70. The zero-order valence-electron chi connectivity index (χ0n) is 15.6. The van der Waals surface area contributed by atoms with Gasteiger partial charge in [-0.2, -0.15) is 0 Å². The van der Waals surface area contributed by atoms with Gasteiger partial charge in [-0.1, -0.05) is 97.1 Å². The normalized spacial score (nSPS) is 14.9. The lowest BCUT2D eigenvalue weighted by Gasteiger charge is -2.22. The summed E-state index contributed by atoms with van der Waals surface area (Å²) in [4.78, 5) is 0. The van der Waals surface area contributed by atoms with Crippen LogP contribution < -0.4 is 0 Å². The van der Waals surface area contributed by atoms with Gasteiger partial charge in [0, 0.05) is 0 Å². The molecule has 4 aromatic rings. The predicted molar refractivity (Wildman–Crippen MR) is 116 cm³/mol. The van der Waals surface area contributed by atoms with E-state index in [1.165, 1.54) is 0 Å². The summed E-state index contributed by atoms with van der Waals surface area (Å²) in [5, 5.41) is -1.31. The molecule has 3 heteroatoms. The van der Waals surface area contributed by atoms with E-state index in [2.05, 4.69) is 0 Å². The summed E-state index contributed by atoms with van der Waals surface area (Å²) in [6.07, 6.45) is 0. The van der Waals surface area contributed by atoms with Crippen molar-refractivity contribution in [3.05, 3.63) is 119 Å². The SMILES string of the molecule is O=S(=O)(C1c2ccccc2-c2ccccc21)C1c2ccccc2-c2ccccc21. The van der Waals surface area contributed by atoms with Gasteiger partial charge in [0.05, 0.1) is 0 Å². The highest BCUT2D eigenvalue weighted by atomic mass is 32.2. The Kier molecular flexibility index (Phi) is 3.42. The monoisotopic (exact) mass is 394 g/mol. The predicted octanol–water partition coefficient (Wildman–Crippen LogP) is 5.94. The second kappa shape index (κ2) is 5.91. The van der Waals surface area contributed by atoms with E-state index in [0.717, 1.165) is 44.5 Å². The largest absolute Gasteiger partial charge is 0.227 e. The summed E-state index contributed by atoms with van der Waals surface area (Å²) in [7, 11) is -3.59. The Labute approximate surface area is 170 Å². The lowest BCUT2D eigenvalue weighted by atomic mass is 10.1. The van der Waals surface area contributed by atoms with Crippen LogP contribution in [0.4, 0.5) is 0 Å². The van der Waals surface area contributed by atoms with Crippen LogP contribution in [0.25, 0.3) is 22.3 Å². The van der Waals surface area contributed by atoms with Gasteiger partial charge >= 0.3 is 0 Å². The van der Waals surface area contributed by atoms with E-state index in [0.29, 0.717) is 0 Å². The van der Waals surface area contributed by atoms with Crippen molar-refractivity contribution < 1.29 is 8.42 Å². The lowest BCUT2D eigenvalue weighted by Crippen LogP contribution is -2.20. The minimum Gasteiger partial charge on any atom is -0.227 e. The van der Waals surface area contributed by atoms with Gasteiger partial charge < -0.3 is 0 Å². The van der Waals surface area contributed by atoms with Gasteiger partial charge in [-0.05, 0) is 44.5 Å².